The highest BCUT2D eigenvalue weighted by Crippen LogP contribution is 2.47. The van der Waals surface area contributed by atoms with Crippen molar-refractivity contribution >= 4 is 17.5 Å². The number of hydrogen-bond donors (Lipinski definition) is 1. The molecule has 1 saturated carbocycles. The molecule has 0 spiro atoms. The second kappa shape index (κ2) is 5.73. The number of carbonyl (C=O) groups is 1. The number of hydrogen-bond acceptors (Lipinski definition) is 1. The summed E-state index contributed by atoms with van der Waals surface area (Å²) in [6, 6.07) is 12.0. The molecular weight excluding hydrogens is 301 g/mol. The lowest BCUT2D eigenvalue weighted by molar-refractivity contribution is 0.0948. The Bertz CT molecular complexity index is 708. The van der Waals surface area contributed by atoms with Gasteiger partial charge in [0.15, 0.2) is 0 Å². The van der Waals surface area contributed by atoms with E-state index < -0.39 is 5.82 Å². The van der Waals surface area contributed by atoms with Crippen LogP contribution in [0.15, 0.2) is 42.5 Å². The van der Waals surface area contributed by atoms with E-state index in [2.05, 4.69) is 5.32 Å². The summed E-state index contributed by atoms with van der Waals surface area (Å²) in [5, 5.41) is 3.65. The molecule has 1 fully saturated rings. The molecular formula is C18H17ClFNO. The molecule has 0 aromatic heterocycles. The Morgan fingerprint density at radius 2 is 1.91 bits per heavy atom. The van der Waals surface area contributed by atoms with Crippen molar-refractivity contribution in [2.24, 2.45) is 0 Å². The molecule has 1 amide bonds. The van der Waals surface area contributed by atoms with Crippen molar-refractivity contribution in [1.29, 1.82) is 0 Å². The highest BCUT2D eigenvalue weighted by atomic mass is 35.5. The molecule has 0 bridgehead atoms. The molecule has 0 saturated heterocycles. The van der Waals surface area contributed by atoms with E-state index >= 15 is 0 Å². The Morgan fingerprint density at radius 1 is 1.23 bits per heavy atom. The van der Waals surface area contributed by atoms with Gasteiger partial charge in [0.1, 0.15) is 5.82 Å². The summed E-state index contributed by atoms with van der Waals surface area (Å²) in [7, 11) is 0. The summed E-state index contributed by atoms with van der Waals surface area (Å²) in [5.74, 6) is -0.619. The van der Waals surface area contributed by atoms with Crippen LogP contribution in [0.4, 0.5) is 4.39 Å². The molecule has 2 aromatic carbocycles. The predicted molar refractivity (Wildman–Crippen MR) is 85.8 cm³/mol. The van der Waals surface area contributed by atoms with E-state index in [4.69, 9.17) is 11.6 Å². The summed E-state index contributed by atoms with van der Waals surface area (Å²) in [4.78, 5) is 12.3. The standard InChI is InChI=1S/C18H17ClFNO/c1-12-2-7-15(20)10-16(12)17(22)21-11-18(8-9-18)13-3-5-14(19)6-4-13/h2-7,10H,8-9,11H2,1H3,(H,21,22). The number of aryl methyl sites for hydroxylation is 1. The van der Waals surface area contributed by atoms with Gasteiger partial charge in [-0.3, -0.25) is 4.79 Å². The van der Waals surface area contributed by atoms with E-state index in [9.17, 15) is 9.18 Å². The molecule has 2 aromatic rings. The second-order valence-corrected chi connectivity index (χ2v) is 6.37. The monoisotopic (exact) mass is 317 g/mol. The van der Waals surface area contributed by atoms with Crippen molar-refractivity contribution < 1.29 is 9.18 Å². The molecule has 2 nitrogen and oxygen atoms in total. The zero-order valence-electron chi connectivity index (χ0n) is 12.3. The van der Waals surface area contributed by atoms with E-state index in [0.717, 1.165) is 18.4 Å². The Labute approximate surface area is 134 Å². The molecule has 0 aliphatic heterocycles. The Morgan fingerprint density at radius 3 is 2.55 bits per heavy atom. The lowest BCUT2D eigenvalue weighted by atomic mass is 9.96. The smallest absolute Gasteiger partial charge is 0.251 e. The van der Waals surface area contributed by atoms with Gasteiger partial charge in [0.25, 0.3) is 5.91 Å². The van der Waals surface area contributed by atoms with Gasteiger partial charge >= 0.3 is 0 Å². The maximum Gasteiger partial charge on any atom is 0.251 e. The van der Waals surface area contributed by atoms with Crippen LogP contribution in [0.2, 0.25) is 5.02 Å². The number of benzene rings is 2. The van der Waals surface area contributed by atoms with Crippen LogP contribution in [-0.2, 0) is 5.41 Å². The van der Waals surface area contributed by atoms with Gasteiger partial charge in [0.2, 0.25) is 0 Å². The van der Waals surface area contributed by atoms with Crippen LogP contribution in [0.3, 0.4) is 0 Å². The van der Waals surface area contributed by atoms with Crippen molar-refractivity contribution in [2.45, 2.75) is 25.2 Å². The maximum atomic E-state index is 13.3. The average Bonchev–Trinajstić information content (AvgIpc) is 3.29. The van der Waals surface area contributed by atoms with Crippen LogP contribution in [0, 0.1) is 12.7 Å². The van der Waals surface area contributed by atoms with Crippen LogP contribution in [0.1, 0.15) is 34.3 Å². The highest BCUT2D eigenvalue weighted by Gasteiger charge is 2.44. The average molecular weight is 318 g/mol. The fourth-order valence-electron chi connectivity index (χ4n) is 2.71. The third kappa shape index (κ3) is 3.00. The van der Waals surface area contributed by atoms with Gasteiger partial charge in [0.05, 0.1) is 0 Å². The van der Waals surface area contributed by atoms with Gasteiger partial charge in [-0.2, -0.15) is 0 Å². The quantitative estimate of drug-likeness (QED) is 0.897. The highest BCUT2D eigenvalue weighted by molar-refractivity contribution is 6.30. The molecule has 1 aliphatic carbocycles. The van der Waals surface area contributed by atoms with Gasteiger partial charge in [-0.05, 0) is 55.2 Å². The second-order valence-electron chi connectivity index (χ2n) is 5.93. The summed E-state index contributed by atoms with van der Waals surface area (Å²) in [6.45, 7) is 2.36. The van der Waals surface area contributed by atoms with Crippen molar-refractivity contribution in [3.8, 4) is 0 Å². The molecule has 0 atom stereocenters. The van der Waals surface area contributed by atoms with Crippen LogP contribution >= 0.6 is 11.6 Å². The first kappa shape index (κ1) is 15.0. The molecule has 0 radical (unpaired) electrons. The van der Waals surface area contributed by atoms with Crippen LogP contribution in [-0.4, -0.2) is 12.5 Å². The number of rotatable bonds is 4. The molecule has 0 unspecified atom stereocenters. The summed E-state index contributed by atoms with van der Waals surface area (Å²) in [5.41, 5.74) is 2.36. The van der Waals surface area contributed by atoms with Gasteiger partial charge in [-0.1, -0.05) is 29.8 Å². The zero-order chi connectivity index (χ0) is 15.7. The van der Waals surface area contributed by atoms with Crippen molar-refractivity contribution in [3.63, 3.8) is 0 Å². The third-order valence-electron chi connectivity index (χ3n) is 4.34. The van der Waals surface area contributed by atoms with Gasteiger partial charge in [0, 0.05) is 22.5 Å². The minimum atomic E-state index is -0.394. The van der Waals surface area contributed by atoms with Crippen molar-refractivity contribution in [1.82, 2.24) is 5.32 Å². The van der Waals surface area contributed by atoms with Crippen molar-refractivity contribution in [3.05, 3.63) is 70.0 Å². The van der Waals surface area contributed by atoms with Gasteiger partial charge in [-0.15, -0.1) is 0 Å². The Balaban J connectivity index is 1.71. The number of amides is 1. The van der Waals surface area contributed by atoms with Crippen LogP contribution < -0.4 is 5.32 Å². The molecule has 22 heavy (non-hydrogen) atoms. The summed E-state index contributed by atoms with van der Waals surface area (Å²) >= 11 is 5.92. The molecule has 3 rings (SSSR count). The zero-order valence-corrected chi connectivity index (χ0v) is 13.1. The topological polar surface area (TPSA) is 29.1 Å². The maximum absolute atomic E-state index is 13.3. The Kier molecular flexibility index (Phi) is 3.92. The largest absolute Gasteiger partial charge is 0.351 e. The fourth-order valence-corrected chi connectivity index (χ4v) is 2.83. The fraction of sp³-hybridized carbons (Fsp3) is 0.278. The van der Waals surface area contributed by atoms with E-state index in [1.165, 1.54) is 17.7 Å². The van der Waals surface area contributed by atoms with Crippen LogP contribution in [0.5, 0.6) is 0 Å². The minimum Gasteiger partial charge on any atom is -0.351 e. The lowest BCUT2D eigenvalue weighted by Crippen LogP contribution is -2.32. The number of halogens is 2. The van der Waals surface area contributed by atoms with Gasteiger partial charge in [-0.25, -0.2) is 4.39 Å². The summed E-state index contributed by atoms with van der Waals surface area (Å²) in [6.07, 6.45) is 2.08. The molecule has 4 heteroatoms. The van der Waals surface area contributed by atoms with Crippen molar-refractivity contribution in [2.75, 3.05) is 6.54 Å². The van der Waals surface area contributed by atoms with E-state index in [1.807, 2.05) is 24.3 Å². The van der Waals surface area contributed by atoms with E-state index in [-0.39, 0.29) is 11.3 Å². The predicted octanol–water partition coefficient (Wildman–Crippen LogP) is 4.25. The van der Waals surface area contributed by atoms with Gasteiger partial charge < -0.3 is 5.32 Å². The van der Waals surface area contributed by atoms with Crippen LogP contribution in [0.25, 0.3) is 0 Å². The lowest BCUT2D eigenvalue weighted by Gasteiger charge is -2.17. The Hall–Kier alpha value is -1.87. The van der Waals surface area contributed by atoms with E-state index in [1.54, 1.807) is 13.0 Å². The molecule has 114 valence electrons. The third-order valence-corrected chi connectivity index (χ3v) is 4.59. The SMILES string of the molecule is Cc1ccc(F)cc1C(=O)NCC1(c2ccc(Cl)cc2)CC1. The first-order valence-corrected chi connectivity index (χ1v) is 7.68. The number of carbonyl (C=O) groups excluding carboxylic acids is 1. The minimum absolute atomic E-state index is 0.00147. The molecule has 1 aliphatic rings. The number of nitrogens with one attached hydrogen (secondary N) is 1. The van der Waals surface area contributed by atoms with E-state index in [0.29, 0.717) is 17.1 Å². The first-order valence-electron chi connectivity index (χ1n) is 7.31. The molecule has 0 heterocycles. The molecule has 1 N–H and O–H groups in total. The normalized spacial score (nSPS) is 15.4. The summed E-state index contributed by atoms with van der Waals surface area (Å²) < 4.78 is 13.3. The first-order chi connectivity index (χ1) is 10.5.